The highest BCUT2D eigenvalue weighted by Crippen LogP contribution is 2.69. The van der Waals surface area contributed by atoms with Crippen molar-refractivity contribution in [3.63, 3.8) is 0 Å². The second-order valence-corrected chi connectivity index (χ2v) is 12.8. The summed E-state index contributed by atoms with van der Waals surface area (Å²) in [5.74, 6) is 1.43. The van der Waals surface area contributed by atoms with Crippen molar-refractivity contribution < 1.29 is 19.4 Å². The van der Waals surface area contributed by atoms with Crippen molar-refractivity contribution in [2.45, 2.75) is 111 Å². The van der Waals surface area contributed by atoms with Gasteiger partial charge in [-0.2, -0.15) is 0 Å². The van der Waals surface area contributed by atoms with Gasteiger partial charge in [-0.25, -0.2) is 0 Å². The van der Waals surface area contributed by atoms with E-state index in [1.165, 1.54) is 25.7 Å². The number of aliphatic carboxylic acids is 1. The lowest BCUT2D eigenvalue weighted by atomic mass is 9.42. The van der Waals surface area contributed by atoms with Gasteiger partial charge in [-0.05, 0) is 107 Å². The molecule has 0 aromatic heterocycles. The second-order valence-electron chi connectivity index (χ2n) is 12.8. The Balaban J connectivity index is 1.77. The van der Waals surface area contributed by atoms with Crippen LogP contribution in [0, 0.1) is 46.3 Å². The molecule has 0 aromatic carbocycles. The molecule has 0 aliphatic heterocycles. The average Bonchev–Trinajstić information content (AvgIpc) is 3.11. The van der Waals surface area contributed by atoms with Gasteiger partial charge in [-0.15, -0.1) is 0 Å². The molecule has 4 fully saturated rings. The number of hydrogen-bond donors (Lipinski definition) is 2. The standard InChI is InChI=1S/C29H51NO4/c1-7-33-29(34-8-2)16-9-10-20-11-12-21-22-13-14-23(26(31)32)27(22,5)18-24(25(21)28(20,29)6)30-17-15-19(3)4/h19-25,30H,7-18H2,1-6H3,(H,31,32)/t20-,21+,22+,23-,24-,25-,27+,28+/m1/s1. The van der Waals surface area contributed by atoms with Crippen LogP contribution >= 0.6 is 0 Å². The lowest BCUT2D eigenvalue weighted by Gasteiger charge is -2.67. The first-order valence-corrected chi connectivity index (χ1v) is 14.4. The van der Waals surface area contributed by atoms with Gasteiger partial charge >= 0.3 is 5.97 Å². The molecule has 0 bridgehead atoms. The van der Waals surface area contributed by atoms with E-state index < -0.39 is 11.8 Å². The molecule has 4 aliphatic rings. The molecule has 2 N–H and O–H groups in total. The number of carboxylic acid groups (broad SMARTS) is 1. The Bertz CT molecular complexity index is 713. The second kappa shape index (κ2) is 10.0. The van der Waals surface area contributed by atoms with E-state index in [1.807, 2.05) is 0 Å². The fraction of sp³-hybridized carbons (Fsp3) is 0.966. The maximum atomic E-state index is 12.3. The molecule has 0 radical (unpaired) electrons. The van der Waals surface area contributed by atoms with Crippen LogP contribution in [0.5, 0.6) is 0 Å². The number of rotatable bonds is 9. The van der Waals surface area contributed by atoms with Crippen molar-refractivity contribution in [2.24, 2.45) is 46.3 Å². The Kier molecular flexibility index (Phi) is 7.78. The lowest BCUT2D eigenvalue weighted by molar-refractivity contribution is -0.352. The third-order valence-electron chi connectivity index (χ3n) is 10.9. The van der Waals surface area contributed by atoms with Crippen LogP contribution in [0.15, 0.2) is 0 Å². The molecule has 5 heteroatoms. The average molecular weight is 478 g/mol. The van der Waals surface area contributed by atoms with Crippen LogP contribution in [-0.2, 0) is 14.3 Å². The summed E-state index contributed by atoms with van der Waals surface area (Å²) in [6, 6.07) is 0.316. The van der Waals surface area contributed by atoms with Crippen LogP contribution < -0.4 is 5.32 Å². The molecule has 0 saturated heterocycles. The summed E-state index contributed by atoms with van der Waals surface area (Å²) < 4.78 is 13.4. The van der Waals surface area contributed by atoms with Crippen molar-refractivity contribution in [3.8, 4) is 0 Å². The first-order chi connectivity index (χ1) is 16.1. The number of nitrogens with one attached hydrogen (secondary N) is 1. The van der Waals surface area contributed by atoms with Crippen LogP contribution in [0.1, 0.15) is 99.3 Å². The van der Waals surface area contributed by atoms with Crippen molar-refractivity contribution in [1.29, 1.82) is 0 Å². The molecule has 5 nitrogen and oxygen atoms in total. The Morgan fingerprint density at radius 2 is 1.76 bits per heavy atom. The number of fused-ring (bicyclic) bond motifs is 5. The zero-order chi connectivity index (χ0) is 24.7. The monoisotopic (exact) mass is 477 g/mol. The number of ether oxygens (including phenoxy) is 2. The van der Waals surface area contributed by atoms with Crippen LogP contribution in [0.25, 0.3) is 0 Å². The summed E-state index contributed by atoms with van der Waals surface area (Å²) in [5, 5.41) is 14.2. The Labute approximate surface area is 208 Å². The van der Waals surface area contributed by atoms with Gasteiger partial charge in [-0.1, -0.05) is 27.7 Å². The number of hydrogen-bond acceptors (Lipinski definition) is 4. The molecule has 4 rings (SSSR count). The molecular weight excluding hydrogens is 426 g/mol. The van der Waals surface area contributed by atoms with Gasteiger partial charge in [0.1, 0.15) is 0 Å². The molecule has 4 saturated carbocycles. The van der Waals surface area contributed by atoms with Gasteiger partial charge in [0.25, 0.3) is 0 Å². The van der Waals surface area contributed by atoms with Crippen LogP contribution in [0.2, 0.25) is 0 Å². The normalized spacial score (nSPS) is 43.3. The Morgan fingerprint density at radius 1 is 1.06 bits per heavy atom. The molecule has 0 aromatic rings. The van der Waals surface area contributed by atoms with Gasteiger partial charge in [-0.3, -0.25) is 4.79 Å². The minimum absolute atomic E-state index is 0.0572. The largest absolute Gasteiger partial charge is 0.481 e. The minimum Gasteiger partial charge on any atom is -0.481 e. The summed E-state index contributed by atoms with van der Waals surface area (Å²) in [6.07, 6.45) is 9.87. The van der Waals surface area contributed by atoms with Crippen LogP contribution in [-0.4, -0.2) is 42.7 Å². The lowest BCUT2D eigenvalue weighted by Crippen LogP contribution is -2.70. The SMILES string of the molecule is CCOC1(OCC)CCC[C@@H]2CC[C@@H]3[C@H]([C@H](NCCC(C)C)C[C@]4(C)[C@@H](C(=O)O)CC[C@@H]34)[C@]21C. The minimum atomic E-state index is -0.583. The van der Waals surface area contributed by atoms with Gasteiger partial charge in [0, 0.05) is 31.1 Å². The van der Waals surface area contributed by atoms with E-state index >= 15 is 0 Å². The van der Waals surface area contributed by atoms with E-state index in [9.17, 15) is 9.90 Å². The van der Waals surface area contributed by atoms with Crippen molar-refractivity contribution in [1.82, 2.24) is 5.32 Å². The van der Waals surface area contributed by atoms with E-state index in [2.05, 4.69) is 46.9 Å². The van der Waals surface area contributed by atoms with Crippen molar-refractivity contribution in [3.05, 3.63) is 0 Å². The van der Waals surface area contributed by atoms with E-state index in [0.717, 1.165) is 38.6 Å². The van der Waals surface area contributed by atoms with Gasteiger partial charge in [0.15, 0.2) is 5.79 Å². The van der Waals surface area contributed by atoms with Crippen LogP contribution in [0.3, 0.4) is 0 Å². The number of carboxylic acids is 1. The third-order valence-corrected chi connectivity index (χ3v) is 10.9. The Hall–Kier alpha value is -0.650. The summed E-state index contributed by atoms with van der Waals surface area (Å²) in [4.78, 5) is 12.3. The van der Waals surface area contributed by atoms with E-state index in [1.54, 1.807) is 0 Å². The van der Waals surface area contributed by atoms with Gasteiger partial charge in [0.2, 0.25) is 0 Å². The summed E-state index contributed by atoms with van der Waals surface area (Å²) in [5.41, 5.74) is -0.182. The van der Waals surface area contributed by atoms with Gasteiger partial charge < -0.3 is 19.9 Å². The fourth-order valence-electron chi connectivity index (χ4n) is 9.60. The molecule has 0 unspecified atom stereocenters. The quantitative estimate of drug-likeness (QED) is 0.392. The molecule has 196 valence electrons. The molecule has 0 amide bonds. The highest BCUT2D eigenvalue weighted by atomic mass is 16.7. The molecule has 0 spiro atoms. The van der Waals surface area contributed by atoms with Crippen molar-refractivity contribution in [2.75, 3.05) is 19.8 Å². The summed E-state index contributed by atoms with van der Waals surface area (Å²) >= 11 is 0. The van der Waals surface area contributed by atoms with E-state index in [0.29, 0.717) is 48.8 Å². The predicted octanol–water partition coefficient (Wildman–Crippen LogP) is 6.11. The zero-order valence-corrected chi connectivity index (χ0v) is 22.7. The maximum absolute atomic E-state index is 12.3. The molecule has 8 atom stereocenters. The zero-order valence-electron chi connectivity index (χ0n) is 22.7. The topological polar surface area (TPSA) is 67.8 Å². The Morgan fingerprint density at radius 3 is 2.38 bits per heavy atom. The van der Waals surface area contributed by atoms with E-state index in [4.69, 9.17) is 9.47 Å². The summed E-state index contributed by atoms with van der Waals surface area (Å²) in [7, 11) is 0. The van der Waals surface area contributed by atoms with Crippen molar-refractivity contribution >= 4 is 5.97 Å². The molecule has 4 aliphatic carbocycles. The fourth-order valence-corrected chi connectivity index (χ4v) is 9.60. The maximum Gasteiger partial charge on any atom is 0.307 e. The molecular formula is C29H51NO4. The molecule has 0 heterocycles. The first-order valence-electron chi connectivity index (χ1n) is 14.4. The van der Waals surface area contributed by atoms with Crippen LogP contribution in [0.4, 0.5) is 0 Å². The van der Waals surface area contributed by atoms with E-state index in [-0.39, 0.29) is 16.7 Å². The predicted molar refractivity (Wildman–Crippen MR) is 135 cm³/mol. The summed E-state index contributed by atoms with van der Waals surface area (Å²) in [6.45, 7) is 16.0. The smallest absolute Gasteiger partial charge is 0.307 e. The highest BCUT2D eigenvalue weighted by molar-refractivity contribution is 5.71. The molecule has 34 heavy (non-hydrogen) atoms. The highest BCUT2D eigenvalue weighted by Gasteiger charge is 2.69. The third kappa shape index (κ3) is 4.06. The first kappa shape index (κ1) is 26.4. The van der Waals surface area contributed by atoms with Gasteiger partial charge in [0.05, 0.1) is 5.92 Å². The number of carbonyl (C=O) groups is 1.